The topological polar surface area (TPSA) is 101 Å². The van der Waals surface area contributed by atoms with Gasteiger partial charge >= 0.3 is 0 Å². The number of amides is 2. The molecular weight excluding hydrogens is 466 g/mol. The maximum absolute atomic E-state index is 13.1. The molecule has 2 saturated heterocycles. The smallest absolute Gasteiger partial charge is 0.248 e. The molecule has 0 aliphatic carbocycles. The van der Waals surface area contributed by atoms with E-state index < -0.39 is 5.91 Å². The number of para-hydroxylation sites is 1. The van der Waals surface area contributed by atoms with Crippen LogP contribution >= 0.6 is 0 Å². The first-order valence-corrected chi connectivity index (χ1v) is 12.9. The molecule has 6 rings (SSSR count). The van der Waals surface area contributed by atoms with E-state index in [1.54, 1.807) is 6.07 Å². The quantitative estimate of drug-likeness (QED) is 0.439. The molecule has 1 unspecified atom stereocenters. The average Bonchev–Trinajstić information content (AvgIpc) is 3.54. The number of aromatic nitrogens is 3. The van der Waals surface area contributed by atoms with Crippen molar-refractivity contribution in [2.45, 2.75) is 13.0 Å². The molecule has 2 amide bonds. The van der Waals surface area contributed by atoms with E-state index in [-0.39, 0.29) is 5.91 Å². The Hall–Kier alpha value is -3.98. The second kappa shape index (κ2) is 9.82. The van der Waals surface area contributed by atoms with Crippen LogP contribution in [0.2, 0.25) is 0 Å². The second-order valence-corrected chi connectivity index (χ2v) is 10.1. The van der Waals surface area contributed by atoms with Gasteiger partial charge in [-0.1, -0.05) is 24.3 Å². The van der Waals surface area contributed by atoms with Crippen LogP contribution in [0.4, 0.5) is 5.95 Å². The van der Waals surface area contributed by atoms with Crippen molar-refractivity contribution >= 4 is 39.6 Å². The zero-order valence-corrected chi connectivity index (χ0v) is 20.8. The summed E-state index contributed by atoms with van der Waals surface area (Å²) in [6.07, 6.45) is 4.99. The Bertz CT molecular complexity index is 1460. The Kier molecular flexibility index (Phi) is 6.21. The third kappa shape index (κ3) is 4.86. The average molecular weight is 498 g/mol. The van der Waals surface area contributed by atoms with Gasteiger partial charge in [-0.2, -0.15) is 0 Å². The summed E-state index contributed by atoms with van der Waals surface area (Å²) in [6.45, 7) is 5.98. The molecule has 2 aromatic carbocycles. The molecule has 9 heteroatoms. The summed E-state index contributed by atoms with van der Waals surface area (Å²) in [5, 5.41) is 2.13. The second-order valence-electron chi connectivity index (χ2n) is 10.1. The van der Waals surface area contributed by atoms with Crippen LogP contribution in [0.3, 0.4) is 0 Å². The van der Waals surface area contributed by atoms with Crippen molar-refractivity contribution in [2.24, 2.45) is 11.7 Å². The van der Waals surface area contributed by atoms with Crippen molar-refractivity contribution < 1.29 is 9.59 Å². The van der Waals surface area contributed by atoms with Gasteiger partial charge in [-0.05, 0) is 48.5 Å². The van der Waals surface area contributed by atoms with Crippen LogP contribution in [-0.2, 0) is 11.3 Å². The first kappa shape index (κ1) is 23.4. The highest BCUT2D eigenvalue weighted by Crippen LogP contribution is 2.24. The van der Waals surface area contributed by atoms with Gasteiger partial charge < -0.3 is 20.1 Å². The zero-order valence-electron chi connectivity index (χ0n) is 20.8. The SMILES string of the molecule is NC(=O)c1ccc2ccn(CC3CCN(CC(=O)N4CCN(c5ncc6ccccc6n5)CC4)C3)c2c1. The zero-order chi connectivity index (χ0) is 25.4. The van der Waals surface area contributed by atoms with Crippen LogP contribution in [0.15, 0.2) is 60.9 Å². The van der Waals surface area contributed by atoms with Crippen molar-refractivity contribution in [3.8, 4) is 0 Å². The number of primary amides is 1. The highest BCUT2D eigenvalue weighted by atomic mass is 16.2. The van der Waals surface area contributed by atoms with Crippen LogP contribution in [0.1, 0.15) is 16.8 Å². The molecule has 0 saturated carbocycles. The van der Waals surface area contributed by atoms with Crippen molar-refractivity contribution in [3.63, 3.8) is 0 Å². The van der Waals surface area contributed by atoms with Gasteiger partial charge in [-0.3, -0.25) is 14.5 Å². The van der Waals surface area contributed by atoms with E-state index in [9.17, 15) is 9.59 Å². The number of carbonyl (C=O) groups excluding carboxylic acids is 2. The van der Waals surface area contributed by atoms with Crippen LogP contribution in [0.25, 0.3) is 21.8 Å². The summed E-state index contributed by atoms with van der Waals surface area (Å²) in [7, 11) is 0. The molecule has 2 N–H and O–H groups in total. The fourth-order valence-corrected chi connectivity index (χ4v) is 5.54. The molecule has 1 atom stereocenters. The molecule has 2 aliphatic rings. The fourth-order valence-electron chi connectivity index (χ4n) is 5.54. The van der Waals surface area contributed by atoms with Crippen LogP contribution < -0.4 is 10.6 Å². The molecule has 2 aliphatic heterocycles. The highest BCUT2D eigenvalue weighted by Gasteiger charge is 2.28. The number of piperazine rings is 1. The normalized spacial score (nSPS) is 18.6. The number of carbonyl (C=O) groups is 2. The maximum Gasteiger partial charge on any atom is 0.248 e. The van der Waals surface area contributed by atoms with E-state index in [4.69, 9.17) is 10.7 Å². The number of benzene rings is 2. The minimum atomic E-state index is -0.411. The molecule has 4 heterocycles. The number of anilines is 1. The van der Waals surface area contributed by atoms with Crippen molar-refractivity contribution in [3.05, 3.63) is 66.5 Å². The Morgan fingerprint density at radius 2 is 1.81 bits per heavy atom. The van der Waals surface area contributed by atoms with Gasteiger partial charge in [0.05, 0.1) is 12.1 Å². The summed E-state index contributed by atoms with van der Waals surface area (Å²) in [4.78, 5) is 40.3. The molecular formula is C28H31N7O2. The predicted molar refractivity (Wildman–Crippen MR) is 143 cm³/mol. The number of nitrogens with zero attached hydrogens (tertiary/aromatic N) is 6. The van der Waals surface area contributed by atoms with Gasteiger partial charge in [-0.25, -0.2) is 9.97 Å². The summed E-state index contributed by atoms with van der Waals surface area (Å²) in [5.41, 5.74) is 7.96. The number of hydrogen-bond acceptors (Lipinski definition) is 6. The monoisotopic (exact) mass is 497 g/mol. The minimum Gasteiger partial charge on any atom is -0.366 e. The highest BCUT2D eigenvalue weighted by molar-refractivity contribution is 5.97. The van der Waals surface area contributed by atoms with Crippen LogP contribution in [-0.4, -0.2) is 82.0 Å². The third-order valence-corrected chi connectivity index (χ3v) is 7.63. The van der Waals surface area contributed by atoms with Gasteiger partial charge in [0.1, 0.15) is 0 Å². The van der Waals surface area contributed by atoms with E-state index in [1.807, 2.05) is 47.5 Å². The molecule has 37 heavy (non-hydrogen) atoms. The first-order valence-electron chi connectivity index (χ1n) is 12.9. The molecule has 2 fully saturated rings. The summed E-state index contributed by atoms with van der Waals surface area (Å²) < 4.78 is 2.20. The van der Waals surface area contributed by atoms with Gasteiger partial charge in [0.15, 0.2) is 0 Å². The largest absolute Gasteiger partial charge is 0.366 e. The molecule has 190 valence electrons. The van der Waals surface area contributed by atoms with E-state index in [1.165, 1.54) is 0 Å². The lowest BCUT2D eigenvalue weighted by Gasteiger charge is -2.35. The molecule has 0 radical (unpaired) electrons. The predicted octanol–water partition coefficient (Wildman–Crippen LogP) is 2.35. The van der Waals surface area contributed by atoms with E-state index >= 15 is 0 Å². The van der Waals surface area contributed by atoms with Gasteiger partial charge in [-0.15, -0.1) is 0 Å². The van der Waals surface area contributed by atoms with Crippen molar-refractivity contribution in [1.82, 2.24) is 24.3 Å². The van der Waals surface area contributed by atoms with Gasteiger partial charge in [0, 0.05) is 68.1 Å². The number of nitrogens with two attached hydrogens (primary N) is 1. The van der Waals surface area contributed by atoms with Gasteiger partial charge in [0.25, 0.3) is 0 Å². The van der Waals surface area contributed by atoms with Crippen LogP contribution in [0, 0.1) is 5.92 Å². The van der Waals surface area contributed by atoms with E-state index in [0.29, 0.717) is 31.1 Å². The molecule has 4 aromatic rings. The lowest BCUT2D eigenvalue weighted by atomic mass is 10.1. The van der Waals surface area contributed by atoms with Crippen molar-refractivity contribution in [1.29, 1.82) is 0 Å². The molecule has 2 aromatic heterocycles. The Morgan fingerprint density at radius 1 is 0.973 bits per heavy atom. The number of fused-ring (bicyclic) bond motifs is 2. The fraction of sp³-hybridized carbons (Fsp3) is 0.357. The third-order valence-electron chi connectivity index (χ3n) is 7.63. The minimum absolute atomic E-state index is 0.192. The molecule has 9 nitrogen and oxygen atoms in total. The number of hydrogen-bond donors (Lipinski definition) is 1. The maximum atomic E-state index is 13.1. The Balaban J connectivity index is 1.01. The summed E-state index contributed by atoms with van der Waals surface area (Å²) >= 11 is 0. The lowest BCUT2D eigenvalue weighted by molar-refractivity contribution is -0.132. The van der Waals surface area contributed by atoms with E-state index in [0.717, 1.165) is 66.9 Å². The number of rotatable bonds is 6. The first-order chi connectivity index (χ1) is 18.0. The molecule has 0 bridgehead atoms. The van der Waals surface area contributed by atoms with Gasteiger partial charge in [0.2, 0.25) is 17.8 Å². The Labute approximate surface area is 215 Å². The van der Waals surface area contributed by atoms with E-state index in [2.05, 4.69) is 31.6 Å². The molecule has 0 spiro atoms. The summed E-state index contributed by atoms with van der Waals surface area (Å²) in [5.74, 6) is 0.972. The van der Waals surface area contributed by atoms with Crippen molar-refractivity contribution in [2.75, 3.05) is 50.7 Å². The summed E-state index contributed by atoms with van der Waals surface area (Å²) in [6, 6.07) is 15.6. The lowest BCUT2D eigenvalue weighted by Crippen LogP contribution is -2.51. The van der Waals surface area contributed by atoms with Crippen LogP contribution in [0.5, 0.6) is 0 Å². The number of likely N-dealkylation sites (tertiary alicyclic amines) is 1. The Morgan fingerprint density at radius 3 is 2.65 bits per heavy atom. The standard InChI is InChI=1S/C28H31N7O2/c29-27(37)22-6-5-21-8-10-35(25(21)15-22)18-20-7-9-32(17-20)19-26(36)33-11-13-34(14-12-33)28-30-16-23-3-1-2-4-24(23)31-28/h1-6,8,10,15-16,20H,7,9,11-14,17-19H2,(H2,29,37).